The highest BCUT2D eigenvalue weighted by atomic mass is 16.2. The molecule has 2 aliphatic heterocycles. The summed E-state index contributed by atoms with van der Waals surface area (Å²) >= 11 is 0. The maximum atomic E-state index is 13.5. The van der Waals surface area contributed by atoms with Gasteiger partial charge in [0.25, 0.3) is 5.91 Å². The number of carbonyl (C=O) groups excluding carboxylic acids is 3. The van der Waals surface area contributed by atoms with E-state index in [-0.39, 0.29) is 30.2 Å². The molecule has 0 aliphatic carbocycles. The van der Waals surface area contributed by atoms with Crippen molar-refractivity contribution in [2.24, 2.45) is 11.1 Å². The molecule has 2 aromatic carbocycles. The highest BCUT2D eigenvalue weighted by Crippen LogP contribution is 2.41. The molecule has 3 atom stereocenters. The minimum Gasteiger partial charge on any atom is -0.338 e. The normalized spacial score (nSPS) is 24.3. The molecular formula is C24H27N3O3. The summed E-state index contributed by atoms with van der Waals surface area (Å²) in [6.07, 6.45) is 0.435. The van der Waals surface area contributed by atoms with Crippen LogP contribution in [0.25, 0.3) is 0 Å². The molecule has 6 nitrogen and oxygen atoms in total. The predicted molar refractivity (Wildman–Crippen MR) is 114 cm³/mol. The van der Waals surface area contributed by atoms with Gasteiger partial charge in [-0.1, -0.05) is 48.5 Å². The quantitative estimate of drug-likeness (QED) is 0.845. The van der Waals surface area contributed by atoms with Crippen LogP contribution >= 0.6 is 0 Å². The number of benzene rings is 2. The van der Waals surface area contributed by atoms with Crippen molar-refractivity contribution in [3.05, 3.63) is 71.3 Å². The lowest BCUT2D eigenvalue weighted by atomic mass is 9.78. The first-order valence-corrected chi connectivity index (χ1v) is 10.4. The van der Waals surface area contributed by atoms with Gasteiger partial charge in [-0.05, 0) is 31.9 Å². The van der Waals surface area contributed by atoms with Gasteiger partial charge in [0.1, 0.15) is 0 Å². The summed E-state index contributed by atoms with van der Waals surface area (Å²) in [5.41, 5.74) is 7.26. The van der Waals surface area contributed by atoms with Crippen molar-refractivity contribution in [1.82, 2.24) is 9.80 Å². The summed E-state index contributed by atoms with van der Waals surface area (Å²) in [7, 11) is 0. The van der Waals surface area contributed by atoms with Gasteiger partial charge in [0.05, 0.1) is 23.1 Å². The second-order valence-electron chi connectivity index (χ2n) is 8.41. The fourth-order valence-electron chi connectivity index (χ4n) is 4.84. The molecule has 0 spiro atoms. The van der Waals surface area contributed by atoms with Gasteiger partial charge >= 0.3 is 0 Å². The van der Waals surface area contributed by atoms with Crippen LogP contribution in [0.5, 0.6) is 0 Å². The molecule has 0 aromatic heterocycles. The van der Waals surface area contributed by atoms with Crippen LogP contribution in [0.15, 0.2) is 54.6 Å². The first kappa shape index (κ1) is 20.3. The van der Waals surface area contributed by atoms with Gasteiger partial charge in [0, 0.05) is 25.2 Å². The third-order valence-corrected chi connectivity index (χ3v) is 6.47. The van der Waals surface area contributed by atoms with Crippen LogP contribution in [0.3, 0.4) is 0 Å². The fourth-order valence-corrected chi connectivity index (χ4v) is 4.84. The Morgan fingerprint density at radius 3 is 2.40 bits per heavy atom. The third-order valence-electron chi connectivity index (χ3n) is 6.47. The largest absolute Gasteiger partial charge is 0.338 e. The lowest BCUT2D eigenvalue weighted by molar-refractivity contribution is -0.131. The fraction of sp³-hybridized carbons (Fsp3) is 0.375. The molecule has 0 unspecified atom stereocenters. The zero-order valence-corrected chi connectivity index (χ0v) is 17.4. The Kier molecular flexibility index (Phi) is 5.20. The van der Waals surface area contributed by atoms with E-state index in [4.69, 9.17) is 5.73 Å². The first-order chi connectivity index (χ1) is 14.4. The number of likely N-dealkylation sites (tertiary alicyclic amines) is 1. The SMILES string of the molecule is CCN1C(=O)c2ccccc2C(=O)[C@@]2(C)CN(C(=O)[C@H](N)Cc3ccccc3)C[C@@H]12. The van der Waals surface area contributed by atoms with Crippen molar-refractivity contribution >= 4 is 17.6 Å². The van der Waals surface area contributed by atoms with E-state index >= 15 is 0 Å². The average Bonchev–Trinajstić information content (AvgIpc) is 3.09. The monoisotopic (exact) mass is 405 g/mol. The van der Waals surface area contributed by atoms with Gasteiger partial charge in [-0.2, -0.15) is 0 Å². The number of amides is 2. The van der Waals surface area contributed by atoms with E-state index in [0.717, 1.165) is 5.56 Å². The summed E-state index contributed by atoms with van der Waals surface area (Å²) in [6.45, 7) is 4.82. The first-order valence-electron chi connectivity index (χ1n) is 10.4. The van der Waals surface area contributed by atoms with Crippen LogP contribution in [0.1, 0.15) is 40.1 Å². The summed E-state index contributed by atoms with van der Waals surface area (Å²) < 4.78 is 0. The lowest BCUT2D eigenvalue weighted by Gasteiger charge is -2.34. The van der Waals surface area contributed by atoms with Crippen molar-refractivity contribution in [2.75, 3.05) is 19.6 Å². The topological polar surface area (TPSA) is 83.7 Å². The molecule has 2 amide bonds. The summed E-state index contributed by atoms with van der Waals surface area (Å²) in [5, 5.41) is 0. The van der Waals surface area contributed by atoms with Crippen LogP contribution in [-0.2, 0) is 11.2 Å². The molecule has 6 heteroatoms. The highest BCUT2D eigenvalue weighted by Gasteiger charge is 2.55. The highest BCUT2D eigenvalue weighted by molar-refractivity contribution is 6.12. The van der Waals surface area contributed by atoms with Crippen molar-refractivity contribution in [1.29, 1.82) is 0 Å². The molecule has 4 rings (SSSR count). The number of carbonyl (C=O) groups is 3. The van der Waals surface area contributed by atoms with Crippen molar-refractivity contribution in [3.8, 4) is 0 Å². The Bertz CT molecular complexity index is 990. The molecule has 1 saturated heterocycles. The predicted octanol–water partition coefficient (Wildman–Crippen LogP) is 2.13. The van der Waals surface area contributed by atoms with E-state index in [1.54, 1.807) is 34.1 Å². The van der Waals surface area contributed by atoms with E-state index in [9.17, 15) is 14.4 Å². The minimum atomic E-state index is -0.861. The Balaban J connectivity index is 1.63. The van der Waals surface area contributed by atoms with Crippen LogP contribution in [0.2, 0.25) is 0 Å². The number of fused-ring (bicyclic) bond motifs is 2. The average molecular weight is 405 g/mol. The maximum Gasteiger partial charge on any atom is 0.254 e. The number of nitrogens with two attached hydrogens (primary N) is 1. The van der Waals surface area contributed by atoms with Crippen molar-refractivity contribution in [3.63, 3.8) is 0 Å². The van der Waals surface area contributed by atoms with Gasteiger partial charge < -0.3 is 15.5 Å². The number of ketones is 1. The minimum absolute atomic E-state index is 0.0840. The Hall–Kier alpha value is -2.99. The molecule has 0 radical (unpaired) electrons. The zero-order valence-electron chi connectivity index (χ0n) is 17.4. The molecule has 2 aromatic rings. The standard InChI is InChI=1S/C24H27N3O3/c1-3-27-20-14-26(23(30)19(25)13-16-9-5-4-6-10-16)15-24(20,2)21(28)17-11-7-8-12-18(17)22(27)29/h4-12,19-20H,3,13-15,25H2,1-2H3/t19-,20-,24+/m1/s1. The van der Waals surface area contributed by atoms with Gasteiger partial charge in [-0.15, -0.1) is 0 Å². The van der Waals surface area contributed by atoms with Gasteiger partial charge in [0.15, 0.2) is 5.78 Å². The van der Waals surface area contributed by atoms with Gasteiger partial charge in [-0.25, -0.2) is 0 Å². The number of rotatable bonds is 4. The van der Waals surface area contributed by atoms with E-state index < -0.39 is 11.5 Å². The molecule has 30 heavy (non-hydrogen) atoms. The number of hydrogen-bond donors (Lipinski definition) is 1. The molecule has 0 saturated carbocycles. The molecule has 2 heterocycles. The Morgan fingerprint density at radius 2 is 1.73 bits per heavy atom. The van der Waals surface area contributed by atoms with Crippen LogP contribution in [0, 0.1) is 5.41 Å². The van der Waals surface area contributed by atoms with Crippen molar-refractivity contribution in [2.45, 2.75) is 32.4 Å². The summed E-state index contributed by atoms with van der Waals surface area (Å²) in [5.74, 6) is -0.421. The van der Waals surface area contributed by atoms with Crippen LogP contribution in [0.4, 0.5) is 0 Å². The van der Waals surface area contributed by atoms with E-state index in [2.05, 4.69) is 0 Å². The molecule has 1 fully saturated rings. The zero-order chi connectivity index (χ0) is 21.5. The van der Waals surface area contributed by atoms with Crippen molar-refractivity contribution < 1.29 is 14.4 Å². The summed E-state index contributed by atoms with van der Waals surface area (Å²) in [4.78, 5) is 43.3. The second-order valence-corrected chi connectivity index (χ2v) is 8.41. The molecule has 156 valence electrons. The van der Waals surface area contributed by atoms with Gasteiger partial charge in [0.2, 0.25) is 5.91 Å². The number of Topliss-reactive ketones (excluding diaryl/α,β-unsaturated/α-hetero) is 1. The molecule has 0 bridgehead atoms. The molecule has 2 N–H and O–H groups in total. The Labute approximate surface area is 176 Å². The van der Waals surface area contributed by atoms with E-state index in [0.29, 0.717) is 30.6 Å². The number of nitrogens with zero attached hydrogens (tertiary/aromatic N) is 2. The third kappa shape index (κ3) is 3.21. The maximum absolute atomic E-state index is 13.5. The van der Waals surface area contributed by atoms with Gasteiger partial charge in [-0.3, -0.25) is 14.4 Å². The number of likely N-dealkylation sites (N-methyl/N-ethyl adjacent to an activating group) is 1. The van der Waals surface area contributed by atoms with E-state index in [1.165, 1.54) is 0 Å². The molecular weight excluding hydrogens is 378 g/mol. The Morgan fingerprint density at radius 1 is 1.10 bits per heavy atom. The van der Waals surface area contributed by atoms with Crippen LogP contribution < -0.4 is 5.73 Å². The van der Waals surface area contributed by atoms with E-state index in [1.807, 2.05) is 44.2 Å². The second kappa shape index (κ2) is 7.69. The number of hydrogen-bond acceptors (Lipinski definition) is 4. The smallest absolute Gasteiger partial charge is 0.254 e. The van der Waals surface area contributed by atoms with Crippen LogP contribution in [-0.4, -0.2) is 59.1 Å². The summed E-state index contributed by atoms with van der Waals surface area (Å²) in [6, 6.07) is 15.6. The molecule has 2 aliphatic rings. The lowest BCUT2D eigenvalue weighted by Crippen LogP contribution is -2.49.